The van der Waals surface area contributed by atoms with Crippen LogP contribution in [0.2, 0.25) is 0 Å². The molecule has 1 aromatic carbocycles. The summed E-state index contributed by atoms with van der Waals surface area (Å²) in [4.78, 5) is 29.4. The Morgan fingerprint density at radius 1 is 1.00 bits per heavy atom. The second-order valence-corrected chi connectivity index (χ2v) is 8.63. The molecule has 0 aliphatic carbocycles. The molecule has 7 heteroatoms. The van der Waals surface area contributed by atoms with Crippen molar-refractivity contribution in [1.29, 1.82) is 0 Å². The third-order valence-electron chi connectivity index (χ3n) is 5.40. The molecule has 6 nitrogen and oxygen atoms in total. The Bertz CT molecular complexity index is 797. The van der Waals surface area contributed by atoms with Gasteiger partial charge in [-0.1, -0.05) is 26.0 Å². The van der Waals surface area contributed by atoms with E-state index in [1.54, 1.807) is 11.3 Å². The standard InChI is InChI=1S/C22H30N4O2S/c1-16(2)17-4-6-19(7-5-17)24-22(28)21(27)23-14-20(18-8-13-29-15-18)26-11-9-25(3)10-12-26/h4-8,13,15-16,20H,9-12,14H2,1-3H3,(H,23,27)(H,24,28). The molecule has 2 amide bonds. The lowest BCUT2D eigenvalue weighted by Gasteiger charge is -2.37. The zero-order valence-corrected chi connectivity index (χ0v) is 18.2. The Labute approximate surface area is 176 Å². The second-order valence-electron chi connectivity index (χ2n) is 7.85. The topological polar surface area (TPSA) is 64.7 Å². The van der Waals surface area contributed by atoms with E-state index in [1.807, 2.05) is 29.6 Å². The summed E-state index contributed by atoms with van der Waals surface area (Å²) >= 11 is 1.65. The lowest BCUT2D eigenvalue weighted by atomic mass is 10.0. The number of piperazine rings is 1. The minimum atomic E-state index is -0.634. The quantitative estimate of drug-likeness (QED) is 0.714. The molecule has 2 heterocycles. The molecule has 2 aromatic rings. The van der Waals surface area contributed by atoms with Crippen molar-refractivity contribution < 1.29 is 9.59 Å². The van der Waals surface area contributed by atoms with Crippen molar-refractivity contribution in [2.24, 2.45) is 0 Å². The number of nitrogens with one attached hydrogen (secondary N) is 2. The average molecular weight is 415 g/mol. The zero-order valence-electron chi connectivity index (χ0n) is 17.4. The molecule has 1 saturated heterocycles. The van der Waals surface area contributed by atoms with Gasteiger partial charge in [0, 0.05) is 38.4 Å². The maximum absolute atomic E-state index is 12.4. The number of carbonyl (C=O) groups is 2. The third-order valence-corrected chi connectivity index (χ3v) is 6.11. The minimum Gasteiger partial charge on any atom is -0.346 e. The largest absolute Gasteiger partial charge is 0.346 e. The van der Waals surface area contributed by atoms with Gasteiger partial charge in [-0.2, -0.15) is 11.3 Å². The van der Waals surface area contributed by atoms with Crippen LogP contribution in [0.4, 0.5) is 5.69 Å². The van der Waals surface area contributed by atoms with E-state index < -0.39 is 11.8 Å². The number of hydrogen-bond acceptors (Lipinski definition) is 5. The number of benzene rings is 1. The van der Waals surface area contributed by atoms with Gasteiger partial charge >= 0.3 is 11.8 Å². The molecule has 2 N–H and O–H groups in total. The number of thiophene rings is 1. The molecule has 1 atom stereocenters. The molecule has 1 fully saturated rings. The van der Waals surface area contributed by atoms with Gasteiger partial charge in [0.25, 0.3) is 0 Å². The van der Waals surface area contributed by atoms with Crippen molar-refractivity contribution in [1.82, 2.24) is 15.1 Å². The highest BCUT2D eigenvalue weighted by Crippen LogP contribution is 2.23. The molecule has 0 bridgehead atoms. The second kappa shape index (κ2) is 10.0. The number of hydrogen-bond donors (Lipinski definition) is 2. The Balaban J connectivity index is 1.57. The molecule has 1 aliphatic heterocycles. The summed E-state index contributed by atoms with van der Waals surface area (Å²) in [5.74, 6) is -0.816. The fraction of sp³-hybridized carbons (Fsp3) is 0.455. The van der Waals surface area contributed by atoms with Crippen LogP contribution in [0, 0.1) is 0 Å². The summed E-state index contributed by atoms with van der Waals surface area (Å²) in [6.07, 6.45) is 0. The van der Waals surface area contributed by atoms with Gasteiger partial charge in [-0.25, -0.2) is 0 Å². The van der Waals surface area contributed by atoms with E-state index in [0.29, 0.717) is 18.2 Å². The molecule has 156 valence electrons. The van der Waals surface area contributed by atoms with E-state index in [1.165, 1.54) is 11.1 Å². The van der Waals surface area contributed by atoms with Crippen LogP contribution in [0.3, 0.4) is 0 Å². The van der Waals surface area contributed by atoms with Gasteiger partial charge in [0.1, 0.15) is 0 Å². The fourth-order valence-corrected chi connectivity index (χ4v) is 4.17. The zero-order chi connectivity index (χ0) is 20.8. The van der Waals surface area contributed by atoms with Gasteiger partial charge in [-0.3, -0.25) is 14.5 Å². The van der Waals surface area contributed by atoms with E-state index in [-0.39, 0.29) is 6.04 Å². The molecule has 1 aliphatic rings. The summed E-state index contributed by atoms with van der Waals surface area (Å²) < 4.78 is 0. The van der Waals surface area contributed by atoms with Crippen LogP contribution in [0.1, 0.15) is 36.9 Å². The summed E-state index contributed by atoms with van der Waals surface area (Å²) in [6, 6.07) is 9.78. The summed E-state index contributed by atoms with van der Waals surface area (Å²) in [5, 5.41) is 9.68. The van der Waals surface area contributed by atoms with E-state index in [0.717, 1.165) is 26.2 Å². The van der Waals surface area contributed by atoms with Crippen LogP contribution < -0.4 is 10.6 Å². The Kier molecular flexibility index (Phi) is 7.41. The lowest BCUT2D eigenvalue weighted by molar-refractivity contribution is -0.136. The molecular formula is C22H30N4O2S. The van der Waals surface area contributed by atoms with Gasteiger partial charge in [0.15, 0.2) is 0 Å². The molecule has 1 unspecified atom stereocenters. The van der Waals surface area contributed by atoms with Crippen molar-refractivity contribution >= 4 is 28.8 Å². The predicted molar refractivity (Wildman–Crippen MR) is 118 cm³/mol. The van der Waals surface area contributed by atoms with Gasteiger partial charge in [-0.15, -0.1) is 0 Å². The first-order chi connectivity index (χ1) is 13.9. The molecule has 1 aromatic heterocycles. The van der Waals surface area contributed by atoms with Crippen LogP contribution in [-0.4, -0.2) is 61.4 Å². The number of anilines is 1. The van der Waals surface area contributed by atoms with Crippen LogP contribution in [0.5, 0.6) is 0 Å². The van der Waals surface area contributed by atoms with Crippen LogP contribution in [0.15, 0.2) is 41.1 Å². The third kappa shape index (κ3) is 5.88. The number of rotatable bonds is 6. The maximum Gasteiger partial charge on any atom is 0.313 e. The fourth-order valence-electron chi connectivity index (χ4n) is 3.46. The van der Waals surface area contributed by atoms with Crippen molar-refractivity contribution in [3.63, 3.8) is 0 Å². The Morgan fingerprint density at radius 3 is 2.28 bits per heavy atom. The first-order valence-electron chi connectivity index (χ1n) is 10.1. The van der Waals surface area contributed by atoms with Crippen molar-refractivity contribution in [2.75, 3.05) is 45.1 Å². The molecule has 3 rings (SSSR count). The number of likely N-dealkylation sites (N-methyl/N-ethyl adjacent to an activating group) is 1. The Hall–Kier alpha value is -2.22. The van der Waals surface area contributed by atoms with Gasteiger partial charge in [0.2, 0.25) is 0 Å². The highest BCUT2D eigenvalue weighted by atomic mass is 32.1. The minimum absolute atomic E-state index is 0.0806. The molecule has 0 saturated carbocycles. The molecular weight excluding hydrogens is 384 g/mol. The molecule has 0 spiro atoms. The van der Waals surface area contributed by atoms with Crippen LogP contribution in [-0.2, 0) is 9.59 Å². The molecule has 29 heavy (non-hydrogen) atoms. The van der Waals surface area contributed by atoms with Crippen molar-refractivity contribution in [3.05, 3.63) is 52.2 Å². The van der Waals surface area contributed by atoms with E-state index in [9.17, 15) is 9.59 Å². The first kappa shape index (κ1) is 21.5. The van der Waals surface area contributed by atoms with Gasteiger partial charge in [-0.05, 0) is 53.1 Å². The van der Waals surface area contributed by atoms with E-state index >= 15 is 0 Å². The maximum atomic E-state index is 12.4. The SMILES string of the molecule is CC(C)c1ccc(NC(=O)C(=O)NCC(c2ccsc2)N2CCN(C)CC2)cc1. The number of carbonyl (C=O) groups excluding carboxylic acids is 2. The summed E-state index contributed by atoms with van der Waals surface area (Å²) in [5.41, 5.74) is 3.01. The number of nitrogens with zero attached hydrogens (tertiary/aromatic N) is 2. The summed E-state index contributed by atoms with van der Waals surface area (Å²) in [7, 11) is 2.12. The monoisotopic (exact) mass is 414 g/mol. The van der Waals surface area contributed by atoms with E-state index in [2.05, 4.69) is 52.8 Å². The van der Waals surface area contributed by atoms with Crippen molar-refractivity contribution in [2.45, 2.75) is 25.8 Å². The van der Waals surface area contributed by atoms with Crippen LogP contribution in [0.25, 0.3) is 0 Å². The highest BCUT2D eigenvalue weighted by Gasteiger charge is 2.25. The van der Waals surface area contributed by atoms with Gasteiger partial charge < -0.3 is 15.5 Å². The van der Waals surface area contributed by atoms with Gasteiger partial charge in [0.05, 0.1) is 6.04 Å². The smallest absolute Gasteiger partial charge is 0.313 e. The normalized spacial score (nSPS) is 16.6. The summed E-state index contributed by atoms with van der Waals surface area (Å²) in [6.45, 7) is 8.54. The average Bonchev–Trinajstić information content (AvgIpc) is 3.24. The van der Waals surface area contributed by atoms with E-state index in [4.69, 9.17) is 0 Å². The first-order valence-corrected chi connectivity index (χ1v) is 11.0. The van der Waals surface area contributed by atoms with Crippen LogP contribution >= 0.6 is 11.3 Å². The van der Waals surface area contributed by atoms with Crippen molar-refractivity contribution in [3.8, 4) is 0 Å². The molecule has 0 radical (unpaired) electrons. The highest BCUT2D eigenvalue weighted by molar-refractivity contribution is 7.08. The Morgan fingerprint density at radius 2 is 1.69 bits per heavy atom. The number of amides is 2. The lowest BCUT2D eigenvalue weighted by Crippen LogP contribution is -2.49. The predicted octanol–water partition coefficient (Wildman–Crippen LogP) is 2.91.